The average Bonchev–Trinajstić information content (AvgIpc) is 3.07. The van der Waals surface area contributed by atoms with Gasteiger partial charge in [0.2, 0.25) is 0 Å². The van der Waals surface area contributed by atoms with E-state index in [-0.39, 0.29) is 6.61 Å². The standard InChI is InChI=1S/C20H19N5O/c1-14-2-7-17(12-23-14)25-19-13-21-9-8-18(19)24-20(25)15-3-5-16(6-4-15)22-10-11-26/h2-9,12-13,22,26H,10-11H2,1H3. The molecule has 2 N–H and O–H groups in total. The van der Waals surface area contributed by atoms with E-state index in [1.54, 1.807) is 6.20 Å². The van der Waals surface area contributed by atoms with Crippen LogP contribution in [0.3, 0.4) is 0 Å². The molecule has 3 aromatic heterocycles. The van der Waals surface area contributed by atoms with Crippen LogP contribution in [0.15, 0.2) is 61.1 Å². The first-order valence-corrected chi connectivity index (χ1v) is 8.47. The Labute approximate surface area is 151 Å². The van der Waals surface area contributed by atoms with Gasteiger partial charge < -0.3 is 10.4 Å². The van der Waals surface area contributed by atoms with Crippen LogP contribution in [0, 0.1) is 6.92 Å². The number of hydrogen-bond donors (Lipinski definition) is 2. The summed E-state index contributed by atoms with van der Waals surface area (Å²) in [6, 6.07) is 14.0. The molecule has 4 rings (SSSR count). The first kappa shape index (κ1) is 16.2. The van der Waals surface area contributed by atoms with E-state index in [4.69, 9.17) is 10.1 Å². The molecule has 0 saturated heterocycles. The van der Waals surface area contributed by atoms with Crippen LogP contribution in [-0.2, 0) is 0 Å². The minimum absolute atomic E-state index is 0.102. The SMILES string of the molecule is Cc1ccc(-n2c(-c3ccc(NCCO)cc3)nc3ccncc32)cn1. The smallest absolute Gasteiger partial charge is 0.145 e. The van der Waals surface area contributed by atoms with Crippen molar-refractivity contribution in [1.29, 1.82) is 0 Å². The van der Waals surface area contributed by atoms with Crippen LogP contribution in [0.1, 0.15) is 5.69 Å². The molecule has 26 heavy (non-hydrogen) atoms. The second kappa shape index (κ2) is 6.93. The number of rotatable bonds is 5. The van der Waals surface area contributed by atoms with E-state index < -0.39 is 0 Å². The molecule has 0 saturated carbocycles. The average molecular weight is 345 g/mol. The van der Waals surface area contributed by atoms with Gasteiger partial charge in [0.1, 0.15) is 5.82 Å². The van der Waals surface area contributed by atoms with Crippen molar-refractivity contribution >= 4 is 16.7 Å². The fourth-order valence-corrected chi connectivity index (χ4v) is 2.91. The van der Waals surface area contributed by atoms with Crippen LogP contribution in [0.2, 0.25) is 0 Å². The van der Waals surface area contributed by atoms with Gasteiger partial charge in [-0.25, -0.2) is 4.98 Å². The molecule has 0 atom stereocenters. The molecule has 0 aliphatic carbocycles. The second-order valence-corrected chi connectivity index (χ2v) is 6.02. The summed E-state index contributed by atoms with van der Waals surface area (Å²) in [4.78, 5) is 13.5. The largest absolute Gasteiger partial charge is 0.395 e. The second-order valence-electron chi connectivity index (χ2n) is 6.02. The van der Waals surface area contributed by atoms with Crippen molar-refractivity contribution in [2.45, 2.75) is 6.92 Å². The van der Waals surface area contributed by atoms with Gasteiger partial charge in [-0.2, -0.15) is 0 Å². The number of hydrogen-bond acceptors (Lipinski definition) is 5. The van der Waals surface area contributed by atoms with Crippen molar-refractivity contribution in [1.82, 2.24) is 19.5 Å². The van der Waals surface area contributed by atoms with Crippen molar-refractivity contribution in [3.05, 3.63) is 66.7 Å². The number of aromatic nitrogens is 4. The molecule has 0 spiro atoms. The summed E-state index contributed by atoms with van der Waals surface area (Å²) in [5, 5.41) is 12.1. The molecule has 6 heteroatoms. The van der Waals surface area contributed by atoms with Crippen molar-refractivity contribution in [2.75, 3.05) is 18.5 Å². The monoisotopic (exact) mass is 345 g/mol. The lowest BCUT2D eigenvalue weighted by atomic mass is 10.2. The number of pyridine rings is 2. The maximum absolute atomic E-state index is 8.94. The van der Waals surface area contributed by atoms with E-state index in [9.17, 15) is 0 Å². The number of imidazole rings is 1. The third kappa shape index (κ3) is 3.02. The number of aliphatic hydroxyl groups is 1. The van der Waals surface area contributed by atoms with E-state index in [0.29, 0.717) is 6.54 Å². The van der Waals surface area contributed by atoms with Gasteiger partial charge in [0.25, 0.3) is 0 Å². The minimum atomic E-state index is 0.102. The molecule has 0 bridgehead atoms. The Kier molecular flexibility index (Phi) is 4.33. The number of aliphatic hydroxyl groups excluding tert-OH is 1. The molecule has 0 aliphatic rings. The van der Waals surface area contributed by atoms with Gasteiger partial charge in [-0.3, -0.25) is 14.5 Å². The molecule has 4 aromatic rings. The summed E-state index contributed by atoms with van der Waals surface area (Å²) in [5.41, 5.74) is 5.70. The zero-order valence-electron chi connectivity index (χ0n) is 14.4. The van der Waals surface area contributed by atoms with E-state index >= 15 is 0 Å². The van der Waals surface area contributed by atoms with E-state index in [2.05, 4.69) is 19.9 Å². The number of nitrogens with one attached hydrogen (secondary N) is 1. The van der Waals surface area contributed by atoms with Crippen LogP contribution < -0.4 is 5.32 Å². The molecule has 6 nitrogen and oxygen atoms in total. The van der Waals surface area contributed by atoms with Crippen LogP contribution in [0.5, 0.6) is 0 Å². The van der Waals surface area contributed by atoms with E-state index in [1.807, 2.05) is 61.8 Å². The Morgan fingerprint density at radius 1 is 1.04 bits per heavy atom. The first-order valence-electron chi connectivity index (χ1n) is 8.47. The van der Waals surface area contributed by atoms with E-state index in [1.165, 1.54) is 0 Å². The first-order chi connectivity index (χ1) is 12.8. The number of benzene rings is 1. The zero-order chi connectivity index (χ0) is 17.9. The van der Waals surface area contributed by atoms with Gasteiger partial charge in [0, 0.05) is 29.7 Å². The number of anilines is 1. The summed E-state index contributed by atoms with van der Waals surface area (Å²) in [5.74, 6) is 0.840. The highest BCUT2D eigenvalue weighted by molar-refractivity contribution is 5.82. The van der Waals surface area contributed by atoms with Crippen molar-refractivity contribution in [2.24, 2.45) is 0 Å². The minimum Gasteiger partial charge on any atom is -0.395 e. The van der Waals surface area contributed by atoms with E-state index in [0.717, 1.165) is 39.5 Å². The predicted octanol–water partition coefficient (Wildman–Crippen LogP) is 3.20. The summed E-state index contributed by atoms with van der Waals surface area (Å²) >= 11 is 0. The molecule has 0 amide bonds. The molecule has 3 heterocycles. The summed E-state index contributed by atoms with van der Waals surface area (Å²) in [7, 11) is 0. The third-order valence-electron chi connectivity index (χ3n) is 4.19. The molecule has 130 valence electrons. The van der Waals surface area contributed by atoms with Crippen LogP contribution in [-0.4, -0.2) is 37.8 Å². The lowest BCUT2D eigenvalue weighted by molar-refractivity contribution is 0.311. The Bertz CT molecular complexity index is 1020. The topological polar surface area (TPSA) is 75.9 Å². The van der Waals surface area contributed by atoms with Crippen molar-refractivity contribution in [3.63, 3.8) is 0 Å². The molecular formula is C20H19N5O. The van der Waals surface area contributed by atoms with Gasteiger partial charge in [0.15, 0.2) is 0 Å². The summed E-state index contributed by atoms with van der Waals surface area (Å²) < 4.78 is 2.07. The van der Waals surface area contributed by atoms with Crippen LogP contribution >= 0.6 is 0 Å². The van der Waals surface area contributed by atoms with Gasteiger partial charge >= 0.3 is 0 Å². The lowest BCUT2D eigenvalue weighted by Gasteiger charge is -2.10. The predicted molar refractivity (Wildman–Crippen MR) is 102 cm³/mol. The molecule has 0 fully saturated rings. The molecule has 1 aromatic carbocycles. The Hall–Kier alpha value is -3.25. The van der Waals surface area contributed by atoms with Gasteiger partial charge in [-0.05, 0) is 49.4 Å². The zero-order valence-corrected chi connectivity index (χ0v) is 14.4. The Morgan fingerprint density at radius 3 is 2.62 bits per heavy atom. The normalized spacial score (nSPS) is 11.0. The molecule has 0 radical (unpaired) electrons. The highest BCUT2D eigenvalue weighted by Crippen LogP contribution is 2.28. The maximum Gasteiger partial charge on any atom is 0.145 e. The fourth-order valence-electron chi connectivity index (χ4n) is 2.91. The highest BCUT2D eigenvalue weighted by atomic mass is 16.3. The molecule has 0 unspecified atom stereocenters. The van der Waals surface area contributed by atoms with Gasteiger partial charge in [0.05, 0.1) is 35.7 Å². The Balaban J connectivity index is 1.84. The van der Waals surface area contributed by atoms with Crippen LogP contribution in [0.4, 0.5) is 5.69 Å². The van der Waals surface area contributed by atoms with Crippen LogP contribution in [0.25, 0.3) is 28.1 Å². The fraction of sp³-hybridized carbons (Fsp3) is 0.150. The summed E-state index contributed by atoms with van der Waals surface area (Å²) in [6.07, 6.45) is 5.42. The number of aryl methyl sites for hydroxylation is 1. The number of fused-ring (bicyclic) bond motifs is 1. The number of nitrogens with zero attached hydrogens (tertiary/aromatic N) is 4. The van der Waals surface area contributed by atoms with Crippen molar-refractivity contribution < 1.29 is 5.11 Å². The van der Waals surface area contributed by atoms with Gasteiger partial charge in [-0.15, -0.1) is 0 Å². The third-order valence-corrected chi connectivity index (χ3v) is 4.19. The van der Waals surface area contributed by atoms with Gasteiger partial charge in [-0.1, -0.05) is 0 Å². The lowest BCUT2D eigenvalue weighted by Crippen LogP contribution is -2.05. The quantitative estimate of drug-likeness (QED) is 0.581. The molecular weight excluding hydrogens is 326 g/mol. The molecule has 0 aliphatic heterocycles. The Morgan fingerprint density at radius 2 is 1.88 bits per heavy atom. The summed E-state index contributed by atoms with van der Waals surface area (Å²) in [6.45, 7) is 2.60. The maximum atomic E-state index is 8.94. The van der Waals surface area contributed by atoms with Crippen molar-refractivity contribution in [3.8, 4) is 17.1 Å². The highest BCUT2D eigenvalue weighted by Gasteiger charge is 2.14.